The van der Waals surface area contributed by atoms with Crippen LogP contribution in [0.3, 0.4) is 0 Å². The Kier molecular flexibility index (Phi) is 7.46. The summed E-state index contributed by atoms with van der Waals surface area (Å²) in [6, 6.07) is 0.363. The second-order valence-corrected chi connectivity index (χ2v) is 4.79. The topological polar surface area (TPSA) is 3.24 Å². The van der Waals surface area contributed by atoms with Gasteiger partial charge in [-0.1, -0.05) is 13.8 Å². The van der Waals surface area contributed by atoms with Gasteiger partial charge >= 0.3 is 58.4 Å². The van der Waals surface area contributed by atoms with Crippen molar-refractivity contribution in [2.45, 2.75) is 32.7 Å². The van der Waals surface area contributed by atoms with Crippen molar-refractivity contribution in [3.8, 4) is 0 Å². The van der Waals surface area contributed by atoms with Crippen molar-refractivity contribution in [3.63, 3.8) is 0 Å². The molecular weight excluding hydrogens is 241 g/mol. The summed E-state index contributed by atoms with van der Waals surface area (Å²) in [5, 5.41) is 0. The molecule has 0 aromatic carbocycles. The van der Waals surface area contributed by atoms with Crippen LogP contribution >= 0.6 is 0 Å². The van der Waals surface area contributed by atoms with Crippen LogP contribution in [-0.2, 0) is 0 Å². The second-order valence-electron chi connectivity index (χ2n) is 4.79. The van der Waals surface area contributed by atoms with Gasteiger partial charge in [0.2, 0.25) is 0 Å². The first-order valence-corrected chi connectivity index (χ1v) is 5.42. The molecule has 0 atom stereocenters. The van der Waals surface area contributed by atoms with Crippen LogP contribution in [0.5, 0.6) is 0 Å². The second kappa shape index (κ2) is 6.95. The summed E-state index contributed by atoms with van der Waals surface area (Å²) in [5.41, 5.74) is -0.567. The van der Waals surface area contributed by atoms with Crippen molar-refractivity contribution in [2.24, 2.45) is 5.92 Å². The van der Waals surface area contributed by atoms with Crippen molar-refractivity contribution in [1.82, 2.24) is 4.90 Å². The van der Waals surface area contributed by atoms with E-state index in [-0.39, 0.29) is 57.9 Å². The van der Waals surface area contributed by atoms with E-state index in [1.807, 2.05) is 18.7 Å². The molecule has 1 aliphatic rings. The van der Waals surface area contributed by atoms with E-state index < -0.39 is 12.4 Å². The van der Waals surface area contributed by atoms with Crippen LogP contribution in [-0.4, -0.2) is 31.0 Å². The van der Waals surface area contributed by atoms with Crippen molar-refractivity contribution < 1.29 is 64.3 Å². The quantitative estimate of drug-likeness (QED) is 0.609. The van der Waals surface area contributed by atoms with E-state index in [2.05, 4.69) is 6.58 Å². The van der Waals surface area contributed by atoms with Crippen LogP contribution in [0.25, 0.3) is 0 Å². The zero-order chi connectivity index (χ0) is 11.6. The van der Waals surface area contributed by atoms with E-state index in [4.69, 9.17) is 0 Å². The van der Waals surface area contributed by atoms with Crippen molar-refractivity contribution in [3.05, 3.63) is 12.1 Å². The minimum Gasteiger partial charge on any atom is -0.445 e. The SMILES string of the molecule is C=C(CN(CC(C)C)C1CC1)[B-](F)(F)F.[K+]. The number of rotatable bonds is 6. The summed E-state index contributed by atoms with van der Waals surface area (Å²) >= 11 is 0. The third kappa shape index (κ3) is 6.21. The third-order valence-corrected chi connectivity index (χ3v) is 2.53. The number of nitrogens with zero attached hydrogens (tertiary/aromatic N) is 1. The molecule has 16 heavy (non-hydrogen) atoms. The summed E-state index contributed by atoms with van der Waals surface area (Å²) in [7, 11) is 0. The molecule has 0 spiro atoms. The molecule has 0 aromatic rings. The Hall–Kier alpha value is 1.19. The molecule has 1 saturated carbocycles. The van der Waals surface area contributed by atoms with E-state index in [9.17, 15) is 12.9 Å². The van der Waals surface area contributed by atoms with E-state index in [0.717, 1.165) is 19.4 Å². The average Bonchev–Trinajstić information content (AvgIpc) is 2.81. The van der Waals surface area contributed by atoms with Gasteiger partial charge in [-0.05, 0) is 25.3 Å². The monoisotopic (exact) mass is 259 g/mol. The van der Waals surface area contributed by atoms with E-state index in [1.54, 1.807) is 0 Å². The third-order valence-electron chi connectivity index (χ3n) is 2.53. The van der Waals surface area contributed by atoms with Crippen LogP contribution in [0.4, 0.5) is 12.9 Å². The first kappa shape index (κ1) is 17.2. The van der Waals surface area contributed by atoms with Gasteiger partial charge in [0.05, 0.1) is 0 Å². The van der Waals surface area contributed by atoms with Gasteiger partial charge in [-0.25, -0.2) is 0 Å². The summed E-state index contributed by atoms with van der Waals surface area (Å²) in [4.78, 5) is 1.92. The number of hydrogen-bond donors (Lipinski definition) is 0. The maximum absolute atomic E-state index is 12.4. The zero-order valence-corrected chi connectivity index (χ0v) is 13.5. The van der Waals surface area contributed by atoms with Gasteiger partial charge in [0.25, 0.3) is 0 Å². The molecule has 0 saturated heterocycles. The molecule has 1 rings (SSSR count). The Morgan fingerprint density at radius 3 is 2.19 bits per heavy atom. The van der Waals surface area contributed by atoms with Crippen molar-refractivity contribution in [2.75, 3.05) is 13.1 Å². The molecule has 0 unspecified atom stereocenters. The van der Waals surface area contributed by atoms with Gasteiger partial charge < -0.3 is 12.9 Å². The molecule has 88 valence electrons. The molecule has 0 aromatic heterocycles. The minimum absolute atomic E-state index is 0. The average molecular weight is 259 g/mol. The fourth-order valence-electron chi connectivity index (χ4n) is 1.62. The molecule has 1 nitrogen and oxygen atoms in total. The van der Waals surface area contributed by atoms with Gasteiger partial charge in [0.1, 0.15) is 0 Å². The van der Waals surface area contributed by atoms with Crippen molar-refractivity contribution >= 4 is 6.98 Å². The summed E-state index contributed by atoms with van der Waals surface area (Å²) in [6.45, 7) is 3.05. The molecular formula is C10H18BF3KN. The molecule has 1 fully saturated rings. The standard InChI is InChI=1S/C10H18BF3N.K/c1-8(2)6-15(10-4-5-10)7-9(3)11(12,13)14;/h8,10H,3-7H2,1-2H3;/q-1;+1. The fraction of sp³-hybridized carbons (Fsp3) is 0.800. The van der Waals surface area contributed by atoms with Crippen molar-refractivity contribution in [1.29, 1.82) is 0 Å². The summed E-state index contributed by atoms with van der Waals surface area (Å²) < 4.78 is 37.1. The van der Waals surface area contributed by atoms with Crippen LogP contribution in [0.1, 0.15) is 26.7 Å². The van der Waals surface area contributed by atoms with Gasteiger partial charge in [-0.15, -0.1) is 12.1 Å². The number of halogens is 3. The van der Waals surface area contributed by atoms with Gasteiger partial charge in [-0.2, -0.15) is 0 Å². The zero-order valence-electron chi connectivity index (χ0n) is 10.3. The molecule has 0 bridgehead atoms. The molecule has 0 heterocycles. The number of hydrogen-bond acceptors (Lipinski definition) is 1. The van der Waals surface area contributed by atoms with Crippen LogP contribution in [0, 0.1) is 5.92 Å². The van der Waals surface area contributed by atoms with Crippen LogP contribution in [0.2, 0.25) is 0 Å². The molecule has 0 radical (unpaired) electrons. The summed E-state index contributed by atoms with van der Waals surface area (Å²) in [6.07, 6.45) is 2.07. The maximum Gasteiger partial charge on any atom is 1.00 e. The van der Waals surface area contributed by atoms with Crippen LogP contribution < -0.4 is 51.4 Å². The molecule has 0 N–H and O–H groups in total. The van der Waals surface area contributed by atoms with E-state index in [0.29, 0.717) is 12.0 Å². The maximum atomic E-state index is 12.4. The Morgan fingerprint density at radius 1 is 1.38 bits per heavy atom. The molecule has 0 amide bonds. The predicted molar refractivity (Wildman–Crippen MR) is 57.7 cm³/mol. The molecule has 1 aliphatic carbocycles. The largest absolute Gasteiger partial charge is 1.00 e. The molecule has 0 aliphatic heterocycles. The Bertz CT molecular complexity index is 239. The Balaban J connectivity index is 0.00000225. The van der Waals surface area contributed by atoms with E-state index in [1.165, 1.54) is 0 Å². The Labute approximate surface area is 138 Å². The first-order chi connectivity index (χ1) is 6.80. The first-order valence-electron chi connectivity index (χ1n) is 5.42. The van der Waals surface area contributed by atoms with Gasteiger partial charge in [-0.3, -0.25) is 4.90 Å². The molecule has 6 heteroatoms. The summed E-state index contributed by atoms with van der Waals surface area (Å²) in [5.74, 6) is 0.402. The van der Waals surface area contributed by atoms with E-state index >= 15 is 0 Å². The Morgan fingerprint density at radius 2 is 1.88 bits per heavy atom. The predicted octanol–water partition coefficient (Wildman–Crippen LogP) is 0.0536. The van der Waals surface area contributed by atoms with Gasteiger partial charge in [0, 0.05) is 12.6 Å². The normalized spacial score (nSPS) is 16.4. The smallest absolute Gasteiger partial charge is 0.445 e. The van der Waals surface area contributed by atoms with Crippen LogP contribution in [0.15, 0.2) is 12.1 Å². The fourth-order valence-corrected chi connectivity index (χ4v) is 1.62. The van der Waals surface area contributed by atoms with Gasteiger partial charge in [0.15, 0.2) is 0 Å². The minimum atomic E-state index is -4.87.